The lowest BCUT2D eigenvalue weighted by Crippen LogP contribution is -1.97. The lowest BCUT2D eigenvalue weighted by Gasteiger charge is -1.85. The fourth-order valence-electron chi connectivity index (χ4n) is 0.447. The van der Waals surface area contributed by atoms with Gasteiger partial charge in [-0.15, -0.1) is 0 Å². The zero-order valence-corrected chi connectivity index (χ0v) is 7.04. The summed E-state index contributed by atoms with van der Waals surface area (Å²) in [6.45, 7) is 1.86. The van der Waals surface area contributed by atoms with E-state index in [1.807, 2.05) is 14.0 Å². The standard InChI is InChI=1S/C4H7N3.H3NO2S/c1-4-5-3-7(2)6-4;1-4(2)3/h3H,1-2H3;1H2,(H,2,3)/p-1. The predicted octanol–water partition coefficient (Wildman–Crippen LogP) is -1.14. The second kappa shape index (κ2) is 4.94. The lowest BCUT2D eigenvalue weighted by atomic mass is 10.8. The average molecular weight is 177 g/mol. The van der Waals surface area contributed by atoms with E-state index >= 15 is 0 Å². The van der Waals surface area contributed by atoms with Crippen molar-refractivity contribution in [1.82, 2.24) is 14.8 Å². The van der Waals surface area contributed by atoms with Crippen molar-refractivity contribution in [2.45, 2.75) is 6.92 Å². The number of rotatable bonds is 0. The fourth-order valence-corrected chi connectivity index (χ4v) is 0.447. The van der Waals surface area contributed by atoms with Gasteiger partial charge in [0.2, 0.25) is 0 Å². The molecule has 1 aromatic rings. The summed E-state index contributed by atoms with van der Waals surface area (Å²) in [5.41, 5.74) is 0. The van der Waals surface area contributed by atoms with Crippen LogP contribution in [0, 0.1) is 6.92 Å². The summed E-state index contributed by atoms with van der Waals surface area (Å²) in [5, 5.41) is 7.94. The maximum atomic E-state index is 8.78. The Labute approximate surface area is 66.8 Å². The molecule has 0 aliphatic heterocycles. The number of nitrogens with zero attached hydrogens (tertiary/aromatic N) is 3. The van der Waals surface area contributed by atoms with E-state index in [1.165, 1.54) is 0 Å². The Morgan fingerprint density at radius 2 is 2.27 bits per heavy atom. The minimum Gasteiger partial charge on any atom is -0.760 e. The lowest BCUT2D eigenvalue weighted by molar-refractivity contribution is 0.539. The van der Waals surface area contributed by atoms with Gasteiger partial charge in [-0.05, 0) is 6.92 Å². The molecule has 64 valence electrons. The van der Waals surface area contributed by atoms with E-state index in [2.05, 4.69) is 15.2 Å². The molecular formula is C4H9N4O2S-. The Kier molecular flexibility index (Phi) is 4.59. The van der Waals surface area contributed by atoms with Gasteiger partial charge in [0, 0.05) is 18.3 Å². The van der Waals surface area contributed by atoms with Gasteiger partial charge >= 0.3 is 0 Å². The maximum Gasteiger partial charge on any atom is 0.147 e. The third-order valence-corrected chi connectivity index (χ3v) is 0.714. The molecule has 0 aliphatic rings. The Bertz CT molecular complexity index is 215. The molecule has 0 saturated carbocycles. The van der Waals surface area contributed by atoms with Gasteiger partial charge in [0.15, 0.2) is 0 Å². The minimum atomic E-state index is -2.36. The van der Waals surface area contributed by atoms with Crippen LogP contribution in [0.25, 0.3) is 0 Å². The molecule has 11 heavy (non-hydrogen) atoms. The Morgan fingerprint density at radius 3 is 2.36 bits per heavy atom. The number of nitrogens with two attached hydrogens (primary N) is 1. The van der Waals surface area contributed by atoms with Crippen molar-refractivity contribution >= 4 is 11.3 Å². The third-order valence-electron chi connectivity index (χ3n) is 0.714. The van der Waals surface area contributed by atoms with E-state index in [9.17, 15) is 0 Å². The van der Waals surface area contributed by atoms with Crippen molar-refractivity contribution < 1.29 is 8.76 Å². The van der Waals surface area contributed by atoms with Crippen LogP contribution in [0.4, 0.5) is 0 Å². The molecule has 0 radical (unpaired) electrons. The van der Waals surface area contributed by atoms with E-state index in [4.69, 9.17) is 8.76 Å². The zero-order chi connectivity index (χ0) is 8.85. The molecule has 6 nitrogen and oxygen atoms in total. The summed E-state index contributed by atoms with van der Waals surface area (Å²) in [4.78, 5) is 3.87. The molecule has 7 heteroatoms. The third kappa shape index (κ3) is 7.10. The van der Waals surface area contributed by atoms with Crippen molar-refractivity contribution in [3.8, 4) is 0 Å². The van der Waals surface area contributed by atoms with E-state index < -0.39 is 11.3 Å². The zero-order valence-electron chi connectivity index (χ0n) is 6.22. The SMILES string of the molecule is Cc1ncn(C)n1.NS(=O)[O-]. The monoisotopic (exact) mass is 177 g/mol. The molecule has 0 spiro atoms. The highest BCUT2D eigenvalue weighted by Crippen LogP contribution is 1.79. The van der Waals surface area contributed by atoms with Crippen LogP contribution in [0.1, 0.15) is 5.82 Å². The smallest absolute Gasteiger partial charge is 0.147 e. The van der Waals surface area contributed by atoms with Gasteiger partial charge < -0.3 is 4.55 Å². The first-order valence-corrected chi connectivity index (χ1v) is 3.82. The highest BCUT2D eigenvalue weighted by Gasteiger charge is 1.83. The van der Waals surface area contributed by atoms with Gasteiger partial charge in [0.1, 0.15) is 12.2 Å². The van der Waals surface area contributed by atoms with Crippen molar-refractivity contribution in [3.05, 3.63) is 12.2 Å². The molecule has 1 rings (SSSR count). The number of aromatic nitrogens is 3. The van der Waals surface area contributed by atoms with Gasteiger partial charge in [-0.1, -0.05) is 0 Å². The maximum absolute atomic E-state index is 8.78. The topological polar surface area (TPSA) is 96.9 Å². The highest BCUT2D eigenvalue weighted by molar-refractivity contribution is 7.76. The van der Waals surface area contributed by atoms with Crippen molar-refractivity contribution in [3.63, 3.8) is 0 Å². The second-order valence-corrected chi connectivity index (χ2v) is 2.25. The molecule has 0 aromatic carbocycles. The van der Waals surface area contributed by atoms with E-state index in [1.54, 1.807) is 11.0 Å². The van der Waals surface area contributed by atoms with Gasteiger partial charge in [-0.25, -0.2) is 4.98 Å². The van der Waals surface area contributed by atoms with Crippen LogP contribution in [0.2, 0.25) is 0 Å². The minimum absolute atomic E-state index is 0.822. The summed E-state index contributed by atoms with van der Waals surface area (Å²) >= 11 is -2.36. The van der Waals surface area contributed by atoms with Gasteiger partial charge in [0.05, 0.1) is 0 Å². The van der Waals surface area contributed by atoms with Crippen molar-refractivity contribution in [1.29, 1.82) is 0 Å². The van der Waals surface area contributed by atoms with Crippen molar-refractivity contribution in [2.75, 3.05) is 0 Å². The largest absolute Gasteiger partial charge is 0.760 e. The molecule has 2 N–H and O–H groups in total. The summed E-state index contributed by atoms with van der Waals surface area (Å²) in [6.07, 6.45) is 1.68. The first-order valence-electron chi connectivity index (χ1n) is 2.68. The van der Waals surface area contributed by atoms with Crippen LogP contribution in [-0.4, -0.2) is 23.5 Å². The summed E-state index contributed by atoms with van der Waals surface area (Å²) in [7, 11) is 1.85. The van der Waals surface area contributed by atoms with Crippen LogP contribution in [0.15, 0.2) is 6.33 Å². The number of hydrogen-bond donors (Lipinski definition) is 1. The first kappa shape index (κ1) is 10.2. The molecule has 0 fully saturated rings. The molecule has 0 bridgehead atoms. The number of aryl methyl sites for hydroxylation is 2. The summed E-state index contributed by atoms with van der Waals surface area (Å²) in [6, 6.07) is 0. The van der Waals surface area contributed by atoms with Gasteiger partial charge in [0.25, 0.3) is 0 Å². The molecule has 1 heterocycles. The fraction of sp³-hybridized carbons (Fsp3) is 0.500. The molecule has 1 aromatic heterocycles. The normalized spacial score (nSPS) is 11.6. The second-order valence-electron chi connectivity index (χ2n) is 1.73. The Morgan fingerprint density at radius 1 is 1.82 bits per heavy atom. The molecule has 0 aliphatic carbocycles. The molecule has 0 amide bonds. The summed E-state index contributed by atoms with van der Waals surface area (Å²) < 4.78 is 19.2. The van der Waals surface area contributed by atoms with Crippen LogP contribution in [0.3, 0.4) is 0 Å². The van der Waals surface area contributed by atoms with Crippen molar-refractivity contribution in [2.24, 2.45) is 12.2 Å². The average Bonchev–Trinajstić information content (AvgIpc) is 2.13. The highest BCUT2D eigenvalue weighted by atomic mass is 32.2. The molecule has 0 saturated heterocycles. The number of hydrogen-bond acceptors (Lipinski definition) is 4. The van der Waals surface area contributed by atoms with Crippen LogP contribution >= 0.6 is 0 Å². The van der Waals surface area contributed by atoms with Crippen LogP contribution < -0.4 is 5.14 Å². The molecular weight excluding hydrogens is 168 g/mol. The Hall–Kier alpha value is -0.790. The first-order chi connectivity index (χ1) is 5.02. The summed E-state index contributed by atoms with van der Waals surface area (Å²) in [5.74, 6) is 0.822. The quantitative estimate of drug-likeness (QED) is 0.506. The molecule has 1 atom stereocenters. The predicted molar refractivity (Wildman–Crippen MR) is 38.8 cm³/mol. The Balaban J connectivity index is 0.000000218. The van der Waals surface area contributed by atoms with E-state index in [0.29, 0.717) is 0 Å². The van der Waals surface area contributed by atoms with Crippen LogP contribution in [0.5, 0.6) is 0 Å². The van der Waals surface area contributed by atoms with Gasteiger partial charge in [-0.3, -0.25) is 14.0 Å². The van der Waals surface area contributed by atoms with Crippen LogP contribution in [-0.2, 0) is 18.3 Å². The molecule has 1 unspecified atom stereocenters. The van der Waals surface area contributed by atoms with Gasteiger partial charge in [-0.2, -0.15) is 5.10 Å². The van der Waals surface area contributed by atoms with E-state index in [-0.39, 0.29) is 0 Å². The van der Waals surface area contributed by atoms with E-state index in [0.717, 1.165) is 5.82 Å².